The van der Waals surface area contributed by atoms with Crippen LogP contribution < -0.4 is 15.2 Å². The number of benzene rings is 1. The second-order valence-corrected chi connectivity index (χ2v) is 4.64. The van der Waals surface area contributed by atoms with Crippen molar-refractivity contribution in [2.24, 2.45) is 0 Å². The van der Waals surface area contributed by atoms with Gasteiger partial charge >= 0.3 is 5.97 Å². The highest BCUT2D eigenvalue weighted by Gasteiger charge is 2.15. The van der Waals surface area contributed by atoms with Crippen molar-refractivity contribution < 1.29 is 19.4 Å². The molecule has 2 aromatic rings. The molecular weight excluding hydrogens is 328 g/mol. The number of nitrogens with two attached hydrogens (primary N) is 1. The van der Waals surface area contributed by atoms with E-state index in [4.69, 9.17) is 20.3 Å². The molecule has 7 heteroatoms. The number of aromatic carboxylic acids is 1. The molecule has 2 rings (SSSR count). The van der Waals surface area contributed by atoms with Gasteiger partial charge in [0.2, 0.25) is 5.88 Å². The number of ether oxygens (including phenoxy) is 2. The molecule has 104 valence electrons. The van der Waals surface area contributed by atoms with Crippen molar-refractivity contribution in [1.29, 1.82) is 0 Å². The van der Waals surface area contributed by atoms with E-state index in [1.807, 2.05) is 0 Å². The summed E-state index contributed by atoms with van der Waals surface area (Å²) in [5, 5.41) is 8.99. The molecule has 0 amide bonds. The number of nitrogen functional groups attached to an aromatic ring is 1. The highest BCUT2D eigenvalue weighted by molar-refractivity contribution is 9.10. The first-order valence-corrected chi connectivity index (χ1v) is 6.31. The monoisotopic (exact) mass is 338 g/mol. The largest absolute Gasteiger partial charge is 0.497 e. The van der Waals surface area contributed by atoms with Crippen molar-refractivity contribution >= 4 is 27.6 Å². The van der Waals surface area contributed by atoms with Gasteiger partial charge in [-0.3, -0.25) is 0 Å². The molecule has 0 radical (unpaired) electrons. The molecule has 0 unspecified atom stereocenters. The van der Waals surface area contributed by atoms with Gasteiger partial charge in [0.1, 0.15) is 17.2 Å². The maximum Gasteiger partial charge on any atom is 0.338 e. The number of rotatable bonds is 4. The van der Waals surface area contributed by atoms with Crippen LogP contribution in [0, 0.1) is 0 Å². The number of halogens is 1. The zero-order chi connectivity index (χ0) is 14.7. The number of pyridine rings is 1. The molecule has 0 aliphatic rings. The fourth-order valence-corrected chi connectivity index (χ4v) is 1.96. The number of nitrogens with zero attached hydrogens (tertiary/aromatic N) is 1. The number of hydrogen-bond donors (Lipinski definition) is 2. The van der Waals surface area contributed by atoms with Gasteiger partial charge in [0.05, 0.1) is 17.1 Å². The van der Waals surface area contributed by atoms with E-state index in [0.717, 1.165) is 0 Å². The van der Waals surface area contributed by atoms with Gasteiger partial charge in [-0.25, -0.2) is 9.78 Å². The number of hydrogen-bond acceptors (Lipinski definition) is 5. The van der Waals surface area contributed by atoms with E-state index >= 15 is 0 Å². The third-order valence-electron chi connectivity index (χ3n) is 2.53. The maximum atomic E-state index is 11.0. The number of methoxy groups -OCH3 is 1. The molecule has 1 heterocycles. The van der Waals surface area contributed by atoms with Crippen LogP contribution in [0.4, 0.5) is 5.69 Å². The molecule has 0 bridgehead atoms. The van der Waals surface area contributed by atoms with E-state index in [1.165, 1.54) is 12.3 Å². The standard InChI is InChI=1S/C13H11BrN2O4/c1-19-7-2-3-10(9(14)6-7)20-12-11(15)8(13(17)18)4-5-16-12/h2-6H,15H2,1H3,(H,17,18). The number of carboxylic acids is 1. The van der Waals surface area contributed by atoms with Gasteiger partial charge in [-0.15, -0.1) is 0 Å². The van der Waals surface area contributed by atoms with E-state index in [2.05, 4.69) is 20.9 Å². The number of carbonyl (C=O) groups is 1. The molecule has 0 aliphatic heterocycles. The van der Waals surface area contributed by atoms with Gasteiger partial charge in [0.25, 0.3) is 0 Å². The van der Waals surface area contributed by atoms with Crippen LogP contribution in [0.25, 0.3) is 0 Å². The molecule has 0 spiro atoms. The normalized spacial score (nSPS) is 10.1. The first kappa shape index (κ1) is 14.1. The van der Waals surface area contributed by atoms with Crippen LogP contribution in [0.15, 0.2) is 34.9 Å². The van der Waals surface area contributed by atoms with Crippen LogP contribution in [0.5, 0.6) is 17.4 Å². The fraction of sp³-hybridized carbons (Fsp3) is 0.0769. The van der Waals surface area contributed by atoms with Crippen molar-refractivity contribution in [3.05, 3.63) is 40.5 Å². The highest BCUT2D eigenvalue weighted by atomic mass is 79.9. The molecule has 1 aromatic heterocycles. The number of carboxylic acid groups (broad SMARTS) is 1. The summed E-state index contributed by atoms with van der Waals surface area (Å²) < 4.78 is 11.2. The first-order valence-electron chi connectivity index (χ1n) is 5.52. The maximum absolute atomic E-state index is 11.0. The van der Waals surface area contributed by atoms with Gasteiger partial charge in [-0.05, 0) is 40.2 Å². The predicted molar refractivity (Wildman–Crippen MR) is 76.4 cm³/mol. The Kier molecular flexibility index (Phi) is 4.09. The van der Waals surface area contributed by atoms with Crippen LogP contribution >= 0.6 is 15.9 Å². The van der Waals surface area contributed by atoms with Crippen LogP contribution in [0.3, 0.4) is 0 Å². The zero-order valence-corrected chi connectivity index (χ0v) is 12.0. The van der Waals surface area contributed by atoms with Crippen LogP contribution in [0.1, 0.15) is 10.4 Å². The van der Waals surface area contributed by atoms with Gasteiger partial charge < -0.3 is 20.3 Å². The van der Waals surface area contributed by atoms with Gasteiger partial charge in [0.15, 0.2) is 0 Å². The summed E-state index contributed by atoms with van der Waals surface area (Å²) in [5.74, 6) is 0.0105. The Morgan fingerprint density at radius 1 is 1.40 bits per heavy atom. The molecule has 0 saturated carbocycles. The van der Waals surface area contributed by atoms with Gasteiger partial charge in [-0.2, -0.15) is 0 Å². The van der Waals surface area contributed by atoms with E-state index < -0.39 is 5.97 Å². The Bertz CT molecular complexity index is 661. The summed E-state index contributed by atoms with van der Waals surface area (Å²) >= 11 is 3.33. The molecule has 0 aliphatic carbocycles. The third kappa shape index (κ3) is 2.83. The van der Waals surface area contributed by atoms with Gasteiger partial charge in [-0.1, -0.05) is 0 Å². The average Bonchev–Trinajstić information content (AvgIpc) is 2.42. The minimum absolute atomic E-state index is 0.0253. The van der Waals surface area contributed by atoms with Crippen LogP contribution in [0.2, 0.25) is 0 Å². The molecular formula is C13H11BrN2O4. The molecule has 6 nitrogen and oxygen atoms in total. The lowest BCUT2D eigenvalue weighted by Gasteiger charge is -2.11. The van der Waals surface area contributed by atoms with E-state index in [-0.39, 0.29) is 17.1 Å². The van der Waals surface area contributed by atoms with Crippen molar-refractivity contribution in [3.8, 4) is 17.4 Å². The predicted octanol–water partition coefficient (Wildman–Crippen LogP) is 2.93. The summed E-state index contributed by atoms with van der Waals surface area (Å²) in [6.07, 6.45) is 1.33. The smallest absolute Gasteiger partial charge is 0.338 e. The van der Waals surface area contributed by atoms with Gasteiger partial charge in [0, 0.05) is 6.20 Å². The number of anilines is 1. The summed E-state index contributed by atoms with van der Waals surface area (Å²) in [6, 6.07) is 6.40. The molecule has 1 aromatic carbocycles. The minimum atomic E-state index is -1.14. The molecule has 0 atom stereocenters. The Labute approximate surface area is 123 Å². The SMILES string of the molecule is COc1ccc(Oc2nccc(C(=O)O)c2N)c(Br)c1. The molecule has 3 N–H and O–H groups in total. The fourth-order valence-electron chi connectivity index (χ4n) is 1.52. The Hall–Kier alpha value is -2.28. The summed E-state index contributed by atoms with van der Waals surface area (Å²) in [5.41, 5.74) is 5.65. The Morgan fingerprint density at radius 3 is 2.75 bits per heavy atom. The van der Waals surface area contributed by atoms with Crippen LogP contribution in [-0.2, 0) is 0 Å². The van der Waals surface area contributed by atoms with Crippen molar-refractivity contribution in [2.45, 2.75) is 0 Å². The highest BCUT2D eigenvalue weighted by Crippen LogP contribution is 2.34. The van der Waals surface area contributed by atoms with Crippen molar-refractivity contribution in [2.75, 3.05) is 12.8 Å². The third-order valence-corrected chi connectivity index (χ3v) is 3.15. The second-order valence-electron chi connectivity index (χ2n) is 3.78. The topological polar surface area (TPSA) is 94.7 Å². The summed E-state index contributed by atoms with van der Waals surface area (Å²) in [6.45, 7) is 0. The van der Waals surface area contributed by atoms with Crippen molar-refractivity contribution in [3.63, 3.8) is 0 Å². The lowest BCUT2D eigenvalue weighted by molar-refractivity contribution is 0.0697. The van der Waals surface area contributed by atoms with Crippen LogP contribution in [-0.4, -0.2) is 23.2 Å². The lowest BCUT2D eigenvalue weighted by atomic mass is 10.2. The number of aromatic nitrogens is 1. The van der Waals surface area contributed by atoms with E-state index in [9.17, 15) is 4.79 Å². The first-order chi connectivity index (χ1) is 9.52. The average molecular weight is 339 g/mol. The Balaban J connectivity index is 2.35. The second kappa shape index (κ2) is 5.79. The van der Waals surface area contributed by atoms with E-state index in [1.54, 1.807) is 25.3 Å². The Morgan fingerprint density at radius 2 is 2.15 bits per heavy atom. The summed E-state index contributed by atoms with van der Waals surface area (Å²) in [4.78, 5) is 14.9. The zero-order valence-electron chi connectivity index (χ0n) is 10.5. The minimum Gasteiger partial charge on any atom is -0.497 e. The molecule has 0 saturated heterocycles. The van der Waals surface area contributed by atoms with E-state index in [0.29, 0.717) is 16.0 Å². The molecule has 20 heavy (non-hydrogen) atoms. The summed E-state index contributed by atoms with van der Waals surface area (Å²) in [7, 11) is 1.55. The quantitative estimate of drug-likeness (QED) is 0.889. The molecule has 0 fully saturated rings. The lowest BCUT2D eigenvalue weighted by Crippen LogP contribution is -2.05. The van der Waals surface area contributed by atoms with Crippen molar-refractivity contribution in [1.82, 2.24) is 4.98 Å².